The Morgan fingerprint density at radius 3 is 2.71 bits per heavy atom. The van der Waals surface area contributed by atoms with Crippen LogP contribution in [0.2, 0.25) is 0 Å². The first-order valence-corrected chi connectivity index (χ1v) is 7.25. The minimum atomic E-state index is -0.155. The van der Waals surface area contributed by atoms with Crippen LogP contribution in [0.3, 0.4) is 0 Å². The number of amides is 1. The van der Waals surface area contributed by atoms with E-state index in [2.05, 4.69) is 48.3 Å². The van der Waals surface area contributed by atoms with E-state index in [9.17, 15) is 4.79 Å². The van der Waals surface area contributed by atoms with Crippen LogP contribution in [0.5, 0.6) is 0 Å². The molecule has 0 spiro atoms. The highest BCUT2D eigenvalue weighted by Crippen LogP contribution is 2.15. The summed E-state index contributed by atoms with van der Waals surface area (Å²) in [5.41, 5.74) is 3.28. The quantitative estimate of drug-likeness (QED) is 0.887. The Balaban J connectivity index is 1.89. The predicted molar refractivity (Wildman–Crippen MR) is 84.8 cm³/mol. The number of likely N-dealkylation sites (N-methyl/N-ethyl adjacent to an activating group) is 1. The van der Waals surface area contributed by atoms with E-state index in [0.29, 0.717) is 12.3 Å². The lowest BCUT2D eigenvalue weighted by Crippen LogP contribution is -2.35. The van der Waals surface area contributed by atoms with Crippen LogP contribution in [0.4, 0.5) is 5.69 Å². The van der Waals surface area contributed by atoms with Crippen molar-refractivity contribution in [1.29, 1.82) is 0 Å². The van der Waals surface area contributed by atoms with Crippen molar-refractivity contribution in [2.45, 2.75) is 20.8 Å². The maximum atomic E-state index is 12.0. The van der Waals surface area contributed by atoms with Gasteiger partial charge in [-0.25, -0.2) is 0 Å². The van der Waals surface area contributed by atoms with Gasteiger partial charge >= 0.3 is 0 Å². The third-order valence-corrected chi connectivity index (χ3v) is 3.48. The van der Waals surface area contributed by atoms with E-state index in [-0.39, 0.29) is 5.91 Å². The Labute approximate surface area is 125 Å². The number of nitrogens with one attached hydrogen (secondary N) is 1. The first kappa shape index (κ1) is 15.2. The van der Waals surface area contributed by atoms with E-state index in [4.69, 9.17) is 4.42 Å². The monoisotopic (exact) mass is 286 g/mol. The summed E-state index contributed by atoms with van der Waals surface area (Å²) in [6.07, 6.45) is 1.54. The second-order valence-electron chi connectivity index (χ2n) is 5.11. The van der Waals surface area contributed by atoms with E-state index in [1.165, 1.54) is 17.5 Å². The zero-order valence-corrected chi connectivity index (χ0v) is 12.8. The van der Waals surface area contributed by atoms with Gasteiger partial charge in [0.15, 0.2) is 5.76 Å². The number of carbonyl (C=O) groups is 1. The minimum Gasteiger partial charge on any atom is -0.459 e. The van der Waals surface area contributed by atoms with Gasteiger partial charge < -0.3 is 14.6 Å². The third-order valence-electron chi connectivity index (χ3n) is 3.48. The van der Waals surface area contributed by atoms with Crippen molar-refractivity contribution in [3.8, 4) is 0 Å². The fourth-order valence-electron chi connectivity index (χ4n) is 2.28. The van der Waals surface area contributed by atoms with Crippen molar-refractivity contribution in [3.05, 3.63) is 53.5 Å². The average Bonchev–Trinajstić information content (AvgIpc) is 2.89. The van der Waals surface area contributed by atoms with Gasteiger partial charge in [0.2, 0.25) is 0 Å². The Hall–Kier alpha value is -2.23. The van der Waals surface area contributed by atoms with Crippen LogP contribution in [0.1, 0.15) is 28.6 Å². The Morgan fingerprint density at radius 2 is 2.10 bits per heavy atom. The average molecular weight is 286 g/mol. The van der Waals surface area contributed by atoms with Crippen LogP contribution in [0.25, 0.3) is 0 Å². The normalized spacial score (nSPS) is 10.4. The number of carbonyl (C=O) groups excluding carboxylic acids is 1. The number of benzene rings is 1. The van der Waals surface area contributed by atoms with Crippen molar-refractivity contribution in [1.82, 2.24) is 5.32 Å². The van der Waals surface area contributed by atoms with Crippen molar-refractivity contribution in [3.63, 3.8) is 0 Å². The van der Waals surface area contributed by atoms with Crippen LogP contribution in [-0.2, 0) is 0 Å². The predicted octanol–water partition coefficient (Wildman–Crippen LogP) is 3.15. The first-order valence-electron chi connectivity index (χ1n) is 7.25. The molecule has 1 N–H and O–H groups in total. The third kappa shape index (κ3) is 3.88. The Kier molecular flexibility index (Phi) is 5.04. The highest BCUT2D eigenvalue weighted by atomic mass is 16.3. The second kappa shape index (κ2) is 6.97. The second-order valence-corrected chi connectivity index (χ2v) is 5.11. The molecule has 0 unspecified atom stereocenters. The minimum absolute atomic E-state index is 0.155. The zero-order valence-electron chi connectivity index (χ0n) is 12.8. The SMILES string of the molecule is CCN(CCNC(=O)c1occc1C)c1cccc(C)c1. The molecule has 0 saturated carbocycles. The smallest absolute Gasteiger partial charge is 0.287 e. The molecule has 0 bridgehead atoms. The molecular weight excluding hydrogens is 264 g/mol. The van der Waals surface area contributed by atoms with Crippen LogP contribution >= 0.6 is 0 Å². The molecule has 1 aromatic heterocycles. The molecule has 21 heavy (non-hydrogen) atoms. The van der Waals surface area contributed by atoms with E-state index in [1.807, 2.05) is 6.92 Å². The summed E-state index contributed by atoms with van der Waals surface area (Å²) in [6.45, 7) is 8.31. The van der Waals surface area contributed by atoms with Crippen LogP contribution < -0.4 is 10.2 Å². The van der Waals surface area contributed by atoms with Crippen molar-refractivity contribution < 1.29 is 9.21 Å². The van der Waals surface area contributed by atoms with Gasteiger partial charge in [0.05, 0.1) is 6.26 Å². The summed E-state index contributed by atoms with van der Waals surface area (Å²) >= 11 is 0. The summed E-state index contributed by atoms with van der Waals surface area (Å²) < 4.78 is 5.18. The number of hydrogen-bond donors (Lipinski definition) is 1. The lowest BCUT2D eigenvalue weighted by molar-refractivity contribution is 0.0926. The number of furan rings is 1. The number of hydrogen-bond acceptors (Lipinski definition) is 3. The van der Waals surface area contributed by atoms with E-state index < -0.39 is 0 Å². The van der Waals surface area contributed by atoms with Crippen molar-refractivity contribution in [2.75, 3.05) is 24.5 Å². The van der Waals surface area contributed by atoms with E-state index >= 15 is 0 Å². The molecule has 0 saturated heterocycles. The highest BCUT2D eigenvalue weighted by molar-refractivity contribution is 5.92. The van der Waals surface area contributed by atoms with Crippen LogP contribution in [0.15, 0.2) is 41.0 Å². The van der Waals surface area contributed by atoms with Gasteiger partial charge in [0.25, 0.3) is 5.91 Å². The van der Waals surface area contributed by atoms with Gasteiger partial charge in [0, 0.05) is 30.9 Å². The zero-order chi connectivity index (χ0) is 15.2. The van der Waals surface area contributed by atoms with Gasteiger partial charge in [-0.05, 0) is 44.5 Å². The lowest BCUT2D eigenvalue weighted by atomic mass is 10.2. The molecule has 0 fully saturated rings. The molecule has 112 valence electrons. The number of anilines is 1. The maximum absolute atomic E-state index is 12.0. The Morgan fingerprint density at radius 1 is 1.29 bits per heavy atom. The molecule has 1 aromatic carbocycles. The molecule has 2 rings (SSSR count). The van der Waals surface area contributed by atoms with Crippen LogP contribution in [-0.4, -0.2) is 25.5 Å². The van der Waals surface area contributed by atoms with Gasteiger partial charge in [-0.15, -0.1) is 0 Å². The molecular formula is C17H22N2O2. The van der Waals surface area contributed by atoms with E-state index in [1.54, 1.807) is 6.07 Å². The summed E-state index contributed by atoms with van der Waals surface area (Å²) in [5, 5.41) is 2.90. The largest absolute Gasteiger partial charge is 0.459 e. The molecule has 1 heterocycles. The maximum Gasteiger partial charge on any atom is 0.287 e. The molecule has 0 aliphatic carbocycles. The topological polar surface area (TPSA) is 45.5 Å². The highest BCUT2D eigenvalue weighted by Gasteiger charge is 2.12. The van der Waals surface area contributed by atoms with E-state index in [0.717, 1.165) is 18.7 Å². The summed E-state index contributed by atoms with van der Waals surface area (Å²) in [7, 11) is 0. The number of aryl methyl sites for hydroxylation is 2. The fourth-order valence-corrected chi connectivity index (χ4v) is 2.28. The summed E-state index contributed by atoms with van der Waals surface area (Å²) in [5.74, 6) is 0.242. The molecule has 0 aliphatic rings. The summed E-state index contributed by atoms with van der Waals surface area (Å²) in [6, 6.07) is 10.2. The standard InChI is InChI=1S/C17H22N2O2/c1-4-19(15-7-5-6-13(2)12-15)10-9-18-17(20)16-14(3)8-11-21-16/h5-8,11-12H,4,9-10H2,1-3H3,(H,18,20). The van der Waals surface area contributed by atoms with Gasteiger partial charge in [-0.1, -0.05) is 12.1 Å². The van der Waals surface area contributed by atoms with Crippen LogP contribution in [0, 0.1) is 13.8 Å². The number of rotatable bonds is 6. The molecule has 4 nitrogen and oxygen atoms in total. The molecule has 1 amide bonds. The summed E-state index contributed by atoms with van der Waals surface area (Å²) in [4.78, 5) is 14.2. The molecule has 0 radical (unpaired) electrons. The molecule has 2 aromatic rings. The molecule has 4 heteroatoms. The lowest BCUT2D eigenvalue weighted by Gasteiger charge is -2.23. The van der Waals surface area contributed by atoms with Crippen molar-refractivity contribution >= 4 is 11.6 Å². The van der Waals surface area contributed by atoms with Gasteiger partial charge in [0.1, 0.15) is 0 Å². The van der Waals surface area contributed by atoms with Gasteiger partial charge in [-0.3, -0.25) is 4.79 Å². The Bertz CT molecular complexity index is 604. The number of nitrogens with zero attached hydrogens (tertiary/aromatic N) is 1. The fraction of sp³-hybridized carbons (Fsp3) is 0.353. The molecule has 0 atom stereocenters. The van der Waals surface area contributed by atoms with Gasteiger partial charge in [-0.2, -0.15) is 0 Å². The molecule has 0 aliphatic heterocycles. The first-order chi connectivity index (χ1) is 10.1. The van der Waals surface area contributed by atoms with Crippen molar-refractivity contribution in [2.24, 2.45) is 0 Å².